The van der Waals surface area contributed by atoms with Gasteiger partial charge in [-0.05, 0) is 29.8 Å². The van der Waals surface area contributed by atoms with Crippen LogP contribution >= 0.6 is 27.5 Å². The Hall–Kier alpha value is -1.26. The van der Waals surface area contributed by atoms with Crippen molar-refractivity contribution in [3.8, 4) is 0 Å². The van der Waals surface area contributed by atoms with E-state index in [2.05, 4.69) is 20.9 Å². The van der Waals surface area contributed by atoms with E-state index >= 15 is 0 Å². The van der Waals surface area contributed by atoms with E-state index in [1.54, 1.807) is 12.1 Å². The molecule has 0 radical (unpaired) electrons. The molecule has 92 valence electrons. The number of halogens is 3. The maximum atomic E-state index is 13.1. The van der Waals surface area contributed by atoms with Crippen LogP contribution in [0.5, 0.6) is 0 Å². The number of hydrogen-bond acceptors (Lipinski definition) is 2. The SMILES string of the molecule is O=C(Cc1cc(F)ccc1Br)c1ccncc1Cl. The number of rotatable bonds is 3. The van der Waals surface area contributed by atoms with Gasteiger partial charge in [-0.2, -0.15) is 0 Å². The largest absolute Gasteiger partial charge is 0.294 e. The zero-order valence-electron chi connectivity index (χ0n) is 9.16. The molecule has 0 amide bonds. The van der Waals surface area contributed by atoms with E-state index in [9.17, 15) is 9.18 Å². The van der Waals surface area contributed by atoms with Gasteiger partial charge in [0, 0.05) is 28.9 Å². The minimum atomic E-state index is -0.373. The summed E-state index contributed by atoms with van der Waals surface area (Å²) >= 11 is 9.17. The molecule has 0 aliphatic carbocycles. The fraction of sp³-hybridized carbons (Fsp3) is 0.0769. The van der Waals surface area contributed by atoms with Crippen LogP contribution in [0.3, 0.4) is 0 Å². The van der Waals surface area contributed by atoms with E-state index in [4.69, 9.17) is 11.6 Å². The molecule has 2 aromatic rings. The van der Waals surface area contributed by atoms with Crippen LogP contribution < -0.4 is 0 Å². The molecule has 5 heteroatoms. The summed E-state index contributed by atoms with van der Waals surface area (Å²) < 4.78 is 13.8. The van der Waals surface area contributed by atoms with Crippen molar-refractivity contribution in [3.63, 3.8) is 0 Å². The number of carbonyl (C=O) groups is 1. The Morgan fingerprint density at radius 3 is 2.89 bits per heavy atom. The average Bonchev–Trinajstić information content (AvgIpc) is 2.34. The Labute approximate surface area is 117 Å². The van der Waals surface area contributed by atoms with Gasteiger partial charge in [0.25, 0.3) is 0 Å². The predicted octanol–water partition coefficient (Wildman–Crippen LogP) is 4.06. The summed E-state index contributed by atoms with van der Waals surface area (Å²) in [5.41, 5.74) is 0.982. The van der Waals surface area contributed by atoms with Crippen molar-refractivity contribution in [2.45, 2.75) is 6.42 Å². The maximum Gasteiger partial charge on any atom is 0.168 e. The van der Waals surface area contributed by atoms with Crippen molar-refractivity contribution in [3.05, 3.63) is 63.1 Å². The predicted molar refractivity (Wildman–Crippen MR) is 71.4 cm³/mol. The molecular formula is C13H8BrClFNO. The second kappa shape index (κ2) is 5.59. The van der Waals surface area contributed by atoms with Gasteiger partial charge in [-0.25, -0.2) is 4.39 Å². The van der Waals surface area contributed by atoms with Gasteiger partial charge in [-0.15, -0.1) is 0 Å². The van der Waals surface area contributed by atoms with E-state index in [0.29, 0.717) is 20.6 Å². The van der Waals surface area contributed by atoms with Gasteiger partial charge in [0.2, 0.25) is 0 Å². The smallest absolute Gasteiger partial charge is 0.168 e. The van der Waals surface area contributed by atoms with Crippen molar-refractivity contribution in [1.29, 1.82) is 0 Å². The maximum absolute atomic E-state index is 13.1. The fourth-order valence-electron chi connectivity index (χ4n) is 1.55. The molecule has 0 aliphatic heterocycles. The minimum absolute atomic E-state index is 0.0854. The van der Waals surface area contributed by atoms with Crippen LogP contribution in [0.25, 0.3) is 0 Å². The molecule has 2 nitrogen and oxygen atoms in total. The molecule has 2 rings (SSSR count). The second-order valence-corrected chi connectivity index (χ2v) is 4.95. The summed E-state index contributed by atoms with van der Waals surface area (Å²) in [6.45, 7) is 0. The van der Waals surface area contributed by atoms with Crippen molar-refractivity contribution in [2.24, 2.45) is 0 Å². The number of benzene rings is 1. The Bertz CT molecular complexity index is 603. The van der Waals surface area contributed by atoms with Crippen LogP contribution in [-0.4, -0.2) is 10.8 Å². The normalized spacial score (nSPS) is 10.4. The first-order valence-corrected chi connectivity index (χ1v) is 6.31. The quantitative estimate of drug-likeness (QED) is 0.795. The van der Waals surface area contributed by atoms with Crippen LogP contribution in [0.15, 0.2) is 41.1 Å². The molecule has 0 saturated heterocycles. The summed E-state index contributed by atoms with van der Waals surface area (Å²) in [6.07, 6.45) is 3.00. The zero-order valence-corrected chi connectivity index (χ0v) is 11.5. The molecule has 1 aromatic carbocycles. The molecule has 0 N–H and O–H groups in total. The highest BCUT2D eigenvalue weighted by Gasteiger charge is 2.13. The highest BCUT2D eigenvalue weighted by atomic mass is 79.9. The molecule has 0 saturated carbocycles. The van der Waals surface area contributed by atoms with Gasteiger partial charge in [0.1, 0.15) is 5.82 Å². The second-order valence-electron chi connectivity index (χ2n) is 3.69. The Balaban J connectivity index is 2.27. The van der Waals surface area contributed by atoms with E-state index in [1.165, 1.54) is 24.5 Å². The Morgan fingerprint density at radius 2 is 2.17 bits per heavy atom. The first-order chi connectivity index (χ1) is 8.58. The van der Waals surface area contributed by atoms with E-state index in [0.717, 1.165) is 0 Å². The molecule has 18 heavy (non-hydrogen) atoms. The number of nitrogens with zero attached hydrogens (tertiary/aromatic N) is 1. The van der Waals surface area contributed by atoms with Gasteiger partial charge < -0.3 is 0 Å². The number of pyridine rings is 1. The highest BCUT2D eigenvalue weighted by molar-refractivity contribution is 9.10. The number of aromatic nitrogens is 1. The van der Waals surface area contributed by atoms with Crippen molar-refractivity contribution in [2.75, 3.05) is 0 Å². The third-order valence-electron chi connectivity index (χ3n) is 2.43. The molecule has 0 aliphatic rings. The van der Waals surface area contributed by atoms with E-state index in [1.807, 2.05) is 0 Å². The number of ketones is 1. The summed E-state index contributed by atoms with van der Waals surface area (Å²) in [4.78, 5) is 15.9. The van der Waals surface area contributed by atoms with Gasteiger partial charge in [0.05, 0.1) is 5.02 Å². The molecule has 0 spiro atoms. The molecule has 0 atom stereocenters. The van der Waals surface area contributed by atoms with Gasteiger partial charge in [0.15, 0.2) is 5.78 Å². The standard InChI is InChI=1S/C13H8BrClFNO/c14-11-2-1-9(16)5-8(11)6-13(18)10-3-4-17-7-12(10)15/h1-5,7H,6H2. The highest BCUT2D eigenvalue weighted by Crippen LogP contribution is 2.21. The molecule has 0 fully saturated rings. The monoisotopic (exact) mass is 327 g/mol. The van der Waals surface area contributed by atoms with Crippen LogP contribution in [0.1, 0.15) is 15.9 Å². The topological polar surface area (TPSA) is 30.0 Å². The van der Waals surface area contributed by atoms with Crippen molar-refractivity contribution < 1.29 is 9.18 Å². The Kier molecular flexibility index (Phi) is 4.09. The van der Waals surface area contributed by atoms with Crippen LogP contribution in [0, 0.1) is 5.82 Å². The molecule has 1 heterocycles. The van der Waals surface area contributed by atoms with Gasteiger partial charge >= 0.3 is 0 Å². The summed E-state index contributed by atoms with van der Waals surface area (Å²) in [5.74, 6) is -0.546. The average molecular weight is 329 g/mol. The van der Waals surface area contributed by atoms with Crippen LogP contribution in [0.2, 0.25) is 5.02 Å². The zero-order chi connectivity index (χ0) is 13.1. The number of carbonyl (C=O) groups excluding carboxylic acids is 1. The summed E-state index contributed by atoms with van der Waals surface area (Å²) in [7, 11) is 0. The summed E-state index contributed by atoms with van der Waals surface area (Å²) in [6, 6.07) is 5.79. The van der Waals surface area contributed by atoms with Crippen LogP contribution in [0.4, 0.5) is 4.39 Å². The number of hydrogen-bond donors (Lipinski definition) is 0. The van der Waals surface area contributed by atoms with Crippen LogP contribution in [-0.2, 0) is 6.42 Å². The van der Waals surface area contributed by atoms with Crippen molar-refractivity contribution >= 4 is 33.3 Å². The first kappa shape index (κ1) is 13.2. The third-order valence-corrected chi connectivity index (χ3v) is 3.51. The van der Waals surface area contributed by atoms with E-state index < -0.39 is 0 Å². The lowest BCUT2D eigenvalue weighted by Crippen LogP contribution is -2.05. The lowest BCUT2D eigenvalue weighted by molar-refractivity contribution is 0.0993. The van der Waals surface area contributed by atoms with Gasteiger partial charge in [-0.1, -0.05) is 27.5 Å². The van der Waals surface area contributed by atoms with Gasteiger partial charge in [-0.3, -0.25) is 9.78 Å². The molecule has 0 unspecified atom stereocenters. The fourth-order valence-corrected chi connectivity index (χ4v) is 2.16. The molecule has 1 aromatic heterocycles. The molecular weight excluding hydrogens is 321 g/mol. The lowest BCUT2D eigenvalue weighted by Gasteiger charge is -2.05. The third kappa shape index (κ3) is 2.94. The summed E-state index contributed by atoms with van der Waals surface area (Å²) in [5, 5.41) is 0.301. The first-order valence-electron chi connectivity index (χ1n) is 5.14. The Morgan fingerprint density at radius 1 is 1.39 bits per heavy atom. The number of Topliss-reactive ketones (excluding diaryl/α,β-unsaturated/α-hetero) is 1. The van der Waals surface area contributed by atoms with E-state index in [-0.39, 0.29) is 18.0 Å². The molecule has 0 bridgehead atoms. The van der Waals surface area contributed by atoms with Crippen molar-refractivity contribution in [1.82, 2.24) is 4.98 Å². The minimum Gasteiger partial charge on any atom is -0.294 e. The lowest BCUT2D eigenvalue weighted by atomic mass is 10.0.